The topological polar surface area (TPSA) is 84.2 Å². The second-order valence-corrected chi connectivity index (χ2v) is 6.59. The van der Waals surface area contributed by atoms with Crippen molar-refractivity contribution in [2.75, 3.05) is 11.3 Å². The van der Waals surface area contributed by atoms with Crippen molar-refractivity contribution >= 4 is 38.3 Å². The fraction of sp³-hybridized carbons (Fsp3) is 0.182. The quantitative estimate of drug-likeness (QED) is 0.750. The normalized spacial score (nSPS) is 11.5. The molecule has 0 aliphatic rings. The summed E-state index contributed by atoms with van der Waals surface area (Å²) in [6.07, 6.45) is 2.64. The van der Waals surface area contributed by atoms with Crippen LogP contribution in [0.1, 0.15) is 0 Å². The maximum absolute atomic E-state index is 12.1. The van der Waals surface area contributed by atoms with E-state index in [-0.39, 0.29) is 18.0 Å². The molecule has 1 aromatic carbocycles. The molecule has 2 rings (SSSR count). The average molecular weight is 393 g/mol. The molecule has 0 saturated carbocycles. The number of anilines is 1. The van der Waals surface area contributed by atoms with E-state index in [0.29, 0.717) is 5.69 Å². The molecule has 19 heavy (non-hydrogen) atoms. The molecule has 0 aliphatic heterocycles. The number of rotatable bonds is 5. The Morgan fingerprint density at radius 2 is 2.11 bits per heavy atom. The van der Waals surface area contributed by atoms with Crippen LogP contribution in [0.25, 0.3) is 0 Å². The van der Waals surface area contributed by atoms with Gasteiger partial charge in [0.1, 0.15) is 4.90 Å². The lowest BCUT2D eigenvalue weighted by Crippen LogP contribution is -2.13. The number of aliphatic hydroxyl groups is 1. The minimum absolute atomic E-state index is 0.0700. The number of para-hydroxylation sites is 1. The smallest absolute Gasteiger partial charge is 0.265 e. The van der Waals surface area contributed by atoms with Gasteiger partial charge in [0.05, 0.1) is 25.0 Å². The van der Waals surface area contributed by atoms with Gasteiger partial charge in [-0.3, -0.25) is 9.40 Å². The van der Waals surface area contributed by atoms with E-state index in [1.165, 1.54) is 17.1 Å². The molecule has 8 heteroatoms. The van der Waals surface area contributed by atoms with Crippen LogP contribution >= 0.6 is 22.6 Å². The summed E-state index contributed by atoms with van der Waals surface area (Å²) < 4.78 is 29.0. The zero-order valence-corrected chi connectivity index (χ0v) is 12.8. The van der Waals surface area contributed by atoms with Crippen molar-refractivity contribution in [3.8, 4) is 0 Å². The van der Waals surface area contributed by atoms with Gasteiger partial charge >= 0.3 is 0 Å². The van der Waals surface area contributed by atoms with Gasteiger partial charge in [-0.05, 0) is 34.7 Å². The Morgan fingerprint density at radius 3 is 2.79 bits per heavy atom. The molecule has 0 saturated heterocycles. The molecule has 0 radical (unpaired) electrons. The van der Waals surface area contributed by atoms with E-state index in [2.05, 4.69) is 32.4 Å². The summed E-state index contributed by atoms with van der Waals surface area (Å²) in [5.41, 5.74) is 0.526. The largest absolute Gasteiger partial charge is 0.394 e. The molecule has 0 bridgehead atoms. The van der Waals surface area contributed by atoms with Crippen molar-refractivity contribution in [3.63, 3.8) is 0 Å². The highest BCUT2D eigenvalue weighted by molar-refractivity contribution is 14.1. The molecular weight excluding hydrogens is 381 g/mol. The van der Waals surface area contributed by atoms with E-state index < -0.39 is 10.0 Å². The molecule has 1 aromatic heterocycles. The first-order valence-electron chi connectivity index (χ1n) is 5.43. The van der Waals surface area contributed by atoms with Gasteiger partial charge in [-0.15, -0.1) is 0 Å². The van der Waals surface area contributed by atoms with Gasteiger partial charge in [-0.1, -0.05) is 12.1 Å². The maximum atomic E-state index is 12.1. The van der Waals surface area contributed by atoms with Crippen LogP contribution in [-0.4, -0.2) is 29.9 Å². The number of aliphatic hydroxyl groups excluding tert-OH is 1. The van der Waals surface area contributed by atoms with Crippen molar-refractivity contribution in [3.05, 3.63) is 40.2 Å². The highest BCUT2D eigenvalue weighted by Gasteiger charge is 2.17. The summed E-state index contributed by atoms with van der Waals surface area (Å²) in [6, 6.07) is 7.10. The molecule has 102 valence electrons. The molecule has 0 unspecified atom stereocenters. The van der Waals surface area contributed by atoms with Crippen LogP contribution in [0.4, 0.5) is 5.69 Å². The van der Waals surface area contributed by atoms with Gasteiger partial charge in [0, 0.05) is 9.77 Å². The summed E-state index contributed by atoms with van der Waals surface area (Å²) in [5, 5.41) is 12.6. The zero-order valence-electron chi connectivity index (χ0n) is 9.82. The summed E-state index contributed by atoms with van der Waals surface area (Å²) in [5.74, 6) is 0. The first kappa shape index (κ1) is 14.3. The Hall–Kier alpha value is -1.13. The lowest BCUT2D eigenvalue weighted by Gasteiger charge is -2.07. The van der Waals surface area contributed by atoms with Crippen LogP contribution in [0.3, 0.4) is 0 Å². The molecule has 0 spiro atoms. The third kappa shape index (κ3) is 3.45. The third-order valence-corrected chi connectivity index (χ3v) is 4.63. The van der Waals surface area contributed by atoms with Crippen LogP contribution in [0.5, 0.6) is 0 Å². The number of hydrogen-bond acceptors (Lipinski definition) is 4. The molecule has 6 nitrogen and oxygen atoms in total. The summed E-state index contributed by atoms with van der Waals surface area (Å²) in [4.78, 5) is 0.0700. The highest BCUT2D eigenvalue weighted by Crippen LogP contribution is 2.21. The second-order valence-electron chi connectivity index (χ2n) is 3.75. The van der Waals surface area contributed by atoms with Gasteiger partial charge in [0.2, 0.25) is 0 Å². The van der Waals surface area contributed by atoms with Crippen molar-refractivity contribution in [1.82, 2.24) is 9.78 Å². The fourth-order valence-electron chi connectivity index (χ4n) is 1.46. The van der Waals surface area contributed by atoms with Crippen molar-refractivity contribution in [2.45, 2.75) is 11.4 Å². The van der Waals surface area contributed by atoms with Crippen molar-refractivity contribution in [2.24, 2.45) is 0 Å². The van der Waals surface area contributed by atoms with Gasteiger partial charge < -0.3 is 5.11 Å². The third-order valence-electron chi connectivity index (χ3n) is 2.37. The number of halogens is 1. The van der Waals surface area contributed by atoms with Crippen LogP contribution in [0.15, 0.2) is 41.6 Å². The number of aromatic nitrogens is 2. The van der Waals surface area contributed by atoms with E-state index >= 15 is 0 Å². The predicted molar refractivity (Wildman–Crippen MR) is 79.3 cm³/mol. The summed E-state index contributed by atoms with van der Waals surface area (Å²) in [6.45, 7) is 0.170. The van der Waals surface area contributed by atoms with Gasteiger partial charge in [0.25, 0.3) is 10.0 Å². The Bertz CT molecular complexity index is 669. The standard InChI is InChI=1S/C11H12IN3O3S/c12-10-3-1-2-4-11(10)14-19(17,18)9-7-13-15(8-9)5-6-16/h1-4,7-8,14,16H,5-6H2. The van der Waals surface area contributed by atoms with E-state index in [1.54, 1.807) is 12.1 Å². The van der Waals surface area contributed by atoms with E-state index in [0.717, 1.165) is 3.57 Å². The summed E-state index contributed by atoms with van der Waals surface area (Å²) >= 11 is 2.06. The number of sulfonamides is 1. The van der Waals surface area contributed by atoms with Gasteiger partial charge in [0.15, 0.2) is 0 Å². The second kappa shape index (κ2) is 5.88. The zero-order chi connectivity index (χ0) is 13.9. The first-order chi connectivity index (χ1) is 9.03. The minimum Gasteiger partial charge on any atom is -0.394 e. The van der Waals surface area contributed by atoms with E-state index in [1.807, 2.05) is 12.1 Å². The Kier molecular flexibility index (Phi) is 4.42. The number of nitrogens with zero attached hydrogens (tertiary/aromatic N) is 2. The Labute approximate surface area is 124 Å². The van der Waals surface area contributed by atoms with Crippen LogP contribution < -0.4 is 4.72 Å². The van der Waals surface area contributed by atoms with Crippen molar-refractivity contribution < 1.29 is 13.5 Å². The lowest BCUT2D eigenvalue weighted by molar-refractivity contribution is 0.269. The van der Waals surface area contributed by atoms with Crippen LogP contribution in [-0.2, 0) is 16.6 Å². The SMILES string of the molecule is O=S(=O)(Nc1ccccc1I)c1cnn(CCO)c1. The Balaban J connectivity index is 2.25. The van der Waals surface area contributed by atoms with Crippen LogP contribution in [0, 0.1) is 3.57 Å². The molecule has 2 N–H and O–H groups in total. The van der Waals surface area contributed by atoms with Gasteiger partial charge in [-0.2, -0.15) is 5.10 Å². The Morgan fingerprint density at radius 1 is 1.37 bits per heavy atom. The van der Waals surface area contributed by atoms with E-state index in [9.17, 15) is 8.42 Å². The molecule has 0 aliphatic carbocycles. The molecular formula is C11H12IN3O3S. The maximum Gasteiger partial charge on any atom is 0.265 e. The van der Waals surface area contributed by atoms with Gasteiger partial charge in [-0.25, -0.2) is 8.42 Å². The first-order valence-corrected chi connectivity index (χ1v) is 8.00. The molecule has 1 heterocycles. The lowest BCUT2D eigenvalue weighted by atomic mass is 10.3. The number of benzene rings is 1. The monoisotopic (exact) mass is 393 g/mol. The number of hydrogen-bond donors (Lipinski definition) is 2. The van der Waals surface area contributed by atoms with E-state index in [4.69, 9.17) is 5.11 Å². The molecule has 0 fully saturated rings. The fourth-order valence-corrected chi connectivity index (χ4v) is 3.19. The van der Waals surface area contributed by atoms with Crippen molar-refractivity contribution in [1.29, 1.82) is 0 Å². The molecule has 0 atom stereocenters. The highest BCUT2D eigenvalue weighted by atomic mass is 127. The molecule has 2 aromatic rings. The predicted octanol–water partition coefficient (Wildman–Crippen LogP) is 1.28. The minimum atomic E-state index is -3.65. The van der Waals surface area contributed by atoms with Crippen LogP contribution in [0.2, 0.25) is 0 Å². The summed E-state index contributed by atoms with van der Waals surface area (Å²) in [7, 11) is -3.65. The molecule has 0 amide bonds. The average Bonchev–Trinajstić information content (AvgIpc) is 2.82. The number of nitrogens with one attached hydrogen (secondary N) is 1.